The number of imidazole rings is 1. The molecule has 1 aromatic heterocycles. The average molecular weight is 393 g/mol. The number of fused-ring (bicyclic) bond motifs is 1. The van der Waals surface area contributed by atoms with Crippen LogP contribution in [-0.2, 0) is 11.8 Å². The van der Waals surface area contributed by atoms with E-state index < -0.39 is 30.8 Å². The molecule has 0 saturated carbocycles. The van der Waals surface area contributed by atoms with E-state index in [4.69, 9.17) is 0 Å². The monoisotopic (exact) mass is 392 g/mol. The van der Waals surface area contributed by atoms with E-state index in [0.717, 1.165) is 22.4 Å². The summed E-state index contributed by atoms with van der Waals surface area (Å²) in [5.41, 5.74) is 3.42. The summed E-state index contributed by atoms with van der Waals surface area (Å²) in [6.45, 7) is -0.462. The highest BCUT2D eigenvalue weighted by molar-refractivity contribution is 5.95. The van der Waals surface area contributed by atoms with Crippen LogP contribution in [0.2, 0.25) is 0 Å². The Morgan fingerprint density at radius 1 is 1.22 bits per heavy atom. The number of carbonyl (C=O) groups excluding carboxylic acids is 1. The molecule has 142 valence electrons. The molecule has 0 spiro atoms. The van der Waals surface area contributed by atoms with Crippen LogP contribution in [0, 0.1) is 0 Å². The van der Waals surface area contributed by atoms with E-state index in [1.54, 1.807) is 12.1 Å². The van der Waals surface area contributed by atoms with Crippen LogP contribution in [0.4, 0.5) is 14.5 Å². The minimum Gasteiger partial charge on any atom is -0.327 e. The van der Waals surface area contributed by atoms with Crippen LogP contribution in [0.15, 0.2) is 48.5 Å². The number of aromatic nitrogens is 2. The Balaban J connectivity index is 0.00000210. The highest BCUT2D eigenvalue weighted by atomic mass is 35.5. The van der Waals surface area contributed by atoms with Crippen molar-refractivity contribution in [3.8, 4) is 11.4 Å². The summed E-state index contributed by atoms with van der Waals surface area (Å²) in [7, 11) is 1.95. The molecule has 1 amide bonds. The number of hydrogen-bond donors (Lipinski definition) is 2. The lowest BCUT2D eigenvalue weighted by molar-refractivity contribution is -0.118. The molecule has 1 aliphatic rings. The Labute approximate surface area is 161 Å². The van der Waals surface area contributed by atoms with Crippen molar-refractivity contribution >= 4 is 35.0 Å². The number of hydrogen-bond acceptors (Lipinski definition) is 3. The number of anilines is 1. The molecule has 1 atom stereocenters. The number of rotatable bonds is 3. The van der Waals surface area contributed by atoms with Crippen molar-refractivity contribution in [2.45, 2.75) is 18.4 Å². The van der Waals surface area contributed by atoms with Crippen LogP contribution in [0.1, 0.15) is 6.42 Å². The van der Waals surface area contributed by atoms with Crippen LogP contribution in [0.25, 0.3) is 22.4 Å². The zero-order chi connectivity index (χ0) is 18.3. The van der Waals surface area contributed by atoms with E-state index in [2.05, 4.69) is 15.6 Å². The molecule has 1 saturated heterocycles. The number of carbonyl (C=O) groups is 1. The maximum Gasteiger partial charge on any atom is 0.262 e. The Kier molecular flexibility index (Phi) is 5.17. The van der Waals surface area contributed by atoms with E-state index >= 15 is 0 Å². The minimum absolute atomic E-state index is 0. The second-order valence-electron chi connectivity index (χ2n) is 6.54. The molecule has 0 aliphatic carbocycles. The number of benzene rings is 2. The zero-order valence-electron chi connectivity index (χ0n) is 14.6. The molecule has 2 N–H and O–H groups in total. The molecule has 0 bridgehead atoms. The third-order valence-corrected chi connectivity index (χ3v) is 4.62. The van der Waals surface area contributed by atoms with Crippen molar-refractivity contribution in [1.29, 1.82) is 0 Å². The molecule has 27 heavy (non-hydrogen) atoms. The summed E-state index contributed by atoms with van der Waals surface area (Å²) in [5, 5.41) is 5.23. The lowest BCUT2D eigenvalue weighted by Gasteiger charge is -2.11. The standard InChI is InChI=1S/C19H18F2N4O.ClH/c1-25-16-5-3-2-4-14(16)24-17(25)12-6-8-13(9-7-12)23-18(26)15-10-19(20,21)11-22-15;/h2-9,15,22H,10-11H2,1H3,(H,23,26);1H. The zero-order valence-corrected chi connectivity index (χ0v) is 15.4. The second-order valence-corrected chi connectivity index (χ2v) is 6.54. The number of alkyl halides is 2. The van der Waals surface area contributed by atoms with Gasteiger partial charge >= 0.3 is 0 Å². The average Bonchev–Trinajstić information content (AvgIpc) is 3.16. The topological polar surface area (TPSA) is 59.0 Å². The third kappa shape index (κ3) is 3.79. The number of para-hydroxylation sites is 2. The molecule has 5 nitrogen and oxygen atoms in total. The molecule has 0 radical (unpaired) electrons. The van der Waals surface area contributed by atoms with Crippen LogP contribution in [0.3, 0.4) is 0 Å². The molecule has 2 aromatic carbocycles. The van der Waals surface area contributed by atoms with Crippen LogP contribution in [0.5, 0.6) is 0 Å². The molecule has 1 fully saturated rings. The van der Waals surface area contributed by atoms with Gasteiger partial charge in [0.1, 0.15) is 5.82 Å². The van der Waals surface area contributed by atoms with Crippen molar-refractivity contribution in [3.05, 3.63) is 48.5 Å². The molecule has 1 aliphatic heterocycles. The first kappa shape index (κ1) is 19.3. The number of amides is 1. The number of halogens is 3. The summed E-state index contributed by atoms with van der Waals surface area (Å²) in [6.07, 6.45) is -0.475. The fourth-order valence-electron chi connectivity index (χ4n) is 3.24. The second kappa shape index (κ2) is 7.25. The fraction of sp³-hybridized carbons (Fsp3) is 0.263. The van der Waals surface area contributed by atoms with Crippen molar-refractivity contribution in [3.63, 3.8) is 0 Å². The van der Waals surface area contributed by atoms with Gasteiger partial charge in [-0.25, -0.2) is 13.8 Å². The Bertz CT molecular complexity index is 972. The minimum atomic E-state index is -2.83. The Morgan fingerprint density at radius 2 is 1.93 bits per heavy atom. The van der Waals surface area contributed by atoms with Gasteiger partial charge in [-0.2, -0.15) is 0 Å². The highest BCUT2D eigenvalue weighted by Crippen LogP contribution is 2.27. The first-order valence-corrected chi connectivity index (χ1v) is 8.37. The number of aryl methyl sites for hydroxylation is 1. The van der Waals surface area contributed by atoms with Gasteiger partial charge in [-0.05, 0) is 36.4 Å². The van der Waals surface area contributed by atoms with Gasteiger partial charge in [0.2, 0.25) is 5.91 Å². The van der Waals surface area contributed by atoms with E-state index in [-0.39, 0.29) is 12.4 Å². The summed E-state index contributed by atoms with van der Waals surface area (Å²) in [5.74, 6) is -2.45. The van der Waals surface area contributed by atoms with Gasteiger partial charge in [0.05, 0.1) is 23.6 Å². The van der Waals surface area contributed by atoms with Gasteiger partial charge in [0.15, 0.2) is 0 Å². The van der Waals surface area contributed by atoms with Crippen LogP contribution >= 0.6 is 12.4 Å². The molecule has 2 heterocycles. The SMILES string of the molecule is Cl.Cn1c(-c2ccc(NC(=O)C3CC(F)(F)CN3)cc2)nc2ccccc21. The van der Waals surface area contributed by atoms with E-state index in [1.165, 1.54) is 0 Å². The number of nitrogens with one attached hydrogen (secondary N) is 2. The normalized spacial score (nSPS) is 18.3. The van der Waals surface area contributed by atoms with Crippen LogP contribution in [-0.4, -0.2) is 34.0 Å². The van der Waals surface area contributed by atoms with E-state index in [9.17, 15) is 13.6 Å². The lowest BCUT2D eigenvalue weighted by atomic mass is 10.1. The van der Waals surface area contributed by atoms with Gasteiger partial charge in [-0.15, -0.1) is 12.4 Å². The van der Waals surface area contributed by atoms with Crippen molar-refractivity contribution in [1.82, 2.24) is 14.9 Å². The molecular weight excluding hydrogens is 374 g/mol. The molecular formula is C19H19ClF2N4O. The molecule has 4 rings (SSSR count). The fourth-order valence-corrected chi connectivity index (χ4v) is 3.24. The van der Waals surface area contributed by atoms with E-state index in [0.29, 0.717) is 5.69 Å². The smallest absolute Gasteiger partial charge is 0.262 e. The summed E-state index contributed by atoms with van der Waals surface area (Å²) in [6, 6.07) is 14.2. The predicted molar refractivity (Wildman–Crippen MR) is 103 cm³/mol. The van der Waals surface area contributed by atoms with Gasteiger partial charge < -0.3 is 9.88 Å². The highest BCUT2D eigenvalue weighted by Gasteiger charge is 2.42. The van der Waals surface area contributed by atoms with Gasteiger partial charge in [0, 0.05) is 24.7 Å². The predicted octanol–water partition coefficient (Wildman–Crippen LogP) is 3.60. The molecule has 3 aromatic rings. The Hall–Kier alpha value is -2.51. The van der Waals surface area contributed by atoms with Crippen molar-refractivity contribution in [2.24, 2.45) is 7.05 Å². The van der Waals surface area contributed by atoms with Gasteiger partial charge in [0.25, 0.3) is 5.92 Å². The first-order chi connectivity index (χ1) is 12.4. The maximum absolute atomic E-state index is 13.2. The summed E-state index contributed by atoms with van der Waals surface area (Å²) < 4.78 is 28.4. The van der Waals surface area contributed by atoms with Crippen molar-refractivity contribution in [2.75, 3.05) is 11.9 Å². The quantitative estimate of drug-likeness (QED) is 0.716. The summed E-state index contributed by atoms with van der Waals surface area (Å²) in [4.78, 5) is 16.7. The molecule has 1 unspecified atom stereocenters. The largest absolute Gasteiger partial charge is 0.327 e. The van der Waals surface area contributed by atoms with Gasteiger partial charge in [-0.3, -0.25) is 10.1 Å². The number of nitrogens with zero attached hydrogens (tertiary/aromatic N) is 2. The van der Waals surface area contributed by atoms with Gasteiger partial charge in [-0.1, -0.05) is 12.1 Å². The molecule has 8 heteroatoms. The van der Waals surface area contributed by atoms with Crippen LogP contribution < -0.4 is 10.6 Å². The van der Waals surface area contributed by atoms with E-state index in [1.807, 2.05) is 48.0 Å². The first-order valence-electron chi connectivity index (χ1n) is 8.37. The Morgan fingerprint density at radius 3 is 2.56 bits per heavy atom. The summed E-state index contributed by atoms with van der Waals surface area (Å²) >= 11 is 0. The maximum atomic E-state index is 13.2. The van der Waals surface area contributed by atoms with Crippen molar-refractivity contribution < 1.29 is 13.6 Å². The third-order valence-electron chi connectivity index (χ3n) is 4.62. The lowest BCUT2D eigenvalue weighted by Crippen LogP contribution is -2.35.